The first-order valence-corrected chi connectivity index (χ1v) is 9.90. The van der Waals surface area contributed by atoms with Crippen LogP contribution in [0.3, 0.4) is 0 Å². The number of rotatable bonds is 4. The molecular weight excluding hydrogens is 394 g/mol. The molecule has 0 saturated carbocycles. The second-order valence-electron chi connectivity index (χ2n) is 5.79. The highest BCUT2D eigenvalue weighted by atomic mass is 32.2. The molecule has 154 valence electrons. The topological polar surface area (TPSA) is 129 Å². The van der Waals surface area contributed by atoms with Crippen LogP contribution in [0.1, 0.15) is 5.56 Å². The van der Waals surface area contributed by atoms with Crippen LogP contribution in [0.2, 0.25) is 0 Å². The Labute approximate surface area is 170 Å². The van der Waals surface area contributed by atoms with Crippen molar-refractivity contribution < 1.29 is 18.5 Å². The van der Waals surface area contributed by atoms with Crippen molar-refractivity contribution in [1.82, 2.24) is 9.97 Å². The van der Waals surface area contributed by atoms with E-state index in [1.54, 1.807) is 38.5 Å². The van der Waals surface area contributed by atoms with E-state index in [1.807, 2.05) is 19.1 Å². The third kappa shape index (κ3) is 6.32. The van der Waals surface area contributed by atoms with Gasteiger partial charge in [-0.2, -0.15) is 10.6 Å². The number of fused-ring (bicyclic) bond motifs is 1. The summed E-state index contributed by atoms with van der Waals surface area (Å²) in [5, 5.41) is 3.14. The summed E-state index contributed by atoms with van der Waals surface area (Å²) in [6.07, 6.45) is 2.86. The van der Waals surface area contributed by atoms with Crippen LogP contribution >= 0.6 is 0 Å². The Morgan fingerprint density at radius 2 is 1.72 bits per heavy atom. The molecule has 0 aliphatic rings. The molecule has 3 rings (SSSR count). The quantitative estimate of drug-likeness (QED) is 0.626. The molecule has 0 aliphatic heterocycles. The van der Waals surface area contributed by atoms with Gasteiger partial charge in [0, 0.05) is 17.1 Å². The van der Waals surface area contributed by atoms with Crippen LogP contribution in [0.4, 0.5) is 16.3 Å². The van der Waals surface area contributed by atoms with E-state index in [-0.39, 0.29) is 0 Å². The Morgan fingerprint density at radius 1 is 1.10 bits per heavy atom. The van der Waals surface area contributed by atoms with E-state index in [9.17, 15) is 9.00 Å². The average molecular weight is 416 g/mol. The van der Waals surface area contributed by atoms with Crippen molar-refractivity contribution in [2.45, 2.75) is 6.92 Å². The zero-order valence-corrected chi connectivity index (χ0v) is 17.3. The molecule has 0 saturated heterocycles. The van der Waals surface area contributed by atoms with E-state index in [4.69, 9.17) is 15.2 Å². The van der Waals surface area contributed by atoms with Crippen LogP contribution in [-0.2, 0) is 14.8 Å². The molecule has 0 radical (unpaired) electrons. The van der Waals surface area contributed by atoms with Gasteiger partial charge in [-0.25, -0.2) is 14.8 Å². The molecule has 0 unspecified atom stereocenters. The molecule has 3 aromatic rings. The first-order valence-electron chi connectivity index (χ1n) is 8.39. The average Bonchev–Trinajstić information content (AvgIpc) is 2.68. The lowest BCUT2D eigenvalue weighted by atomic mass is 10.2. The van der Waals surface area contributed by atoms with Crippen molar-refractivity contribution in [2.75, 3.05) is 25.8 Å². The summed E-state index contributed by atoms with van der Waals surface area (Å²) in [6.45, 7) is 1.98. The number of ether oxygens (including phenoxy) is 2. The van der Waals surface area contributed by atoms with Crippen LogP contribution in [-0.4, -0.2) is 36.5 Å². The van der Waals surface area contributed by atoms with Crippen molar-refractivity contribution >= 4 is 39.0 Å². The standard InChI is InChI=1S/C11H12N3O3S.C8H10N2O/c1-16-9-4-7-8(5-10(9)17-2)12-6-13-11(7)14-18(3)15;1-6-2-4-7(5-3-6)10-8(9)11/h4-6H,1-3H3;2-5H,1H3,(H3,9,10,11)/q-1;. The minimum Gasteiger partial charge on any atom is -0.493 e. The molecule has 2 amide bonds. The van der Waals surface area contributed by atoms with Crippen LogP contribution in [0, 0.1) is 6.92 Å². The SMILES string of the molecule is COc1cc2ncnc(N=[S-](C)=O)c2cc1OC.Cc1ccc(NC(N)=O)cc1. The number of nitrogens with two attached hydrogens (primary N) is 1. The van der Waals surface area contributed by atoms with Gasteiger partial charge in [0.15, 0.2) is 11.5 Å². The maximum Gasteiger partial charge on any atom is 0.316 e. The number of carbonyl (C=O) groups is 1. The lowest BCUT2D eigenvalue weighted by Crippen LogP contribution is -2.19. The number of amides is 2. The van der Waals surface area contributed by atoms with Crippen molar-refractivity contribution in [3.63, 3.8) is 0 Å². The van der Waals surface area contributed by atoms with Gasteiger partial charge in [0.1, 0.15) is 12.1 Å². The maximum atomic E-state index is 11.2. The van der Waals surface area contributed by atoms with Crippen LogP contribution < -0.4 is 20.5 Å². The zero-order valence-electron chi connectivity index (χ0n) is 16.5. The van der Waals surface area contributed by atoms with E-state index in [2.05, 4.69) is 19.6 Å². The molecule has 10 heteroatoms. The number of nitrogens with zero attached hydrogens (tertiary/aromatic N) is 3. The molecule has 1 heterocycles. The number of primary amides is 1. The number of hydrogen-bond acceptors (Lipinski definition) is 8. The van der Waals surface area contributed by atoms with E-state index in [0.29, 0.717) is 28.2 Å². The number of hydrogen-bond donors (Lipinski definition) is 2. The fourth-order valence-corrected chi connectivity index (χ4v) is 2.73. The van der Waals surface area contributed by atoms with Gasteiger partial charge in [0.25, 0.3) is 0 Å². The van der Waals surface area contributed by atoms with Crippen molar-refractivity contribution in [2.24, 2.45) is 10.1 Å². The molecule has 0 fully saturated rings. The van der Waals surface area contributed by atoms with Gasteiger partial charge >= 0.3 is 6.03 Å². The summed E-state index contributed by atoms with van der Waals surface area (Å²) in [7, 11) is 1.77. The Morgan fingerprint density at radius 3 is 2.28 bits per heavy atom. The lowest BCUT2D eigenvalue weighted by Gasteiger charge is -2.10. The molecule has 0 atom stereocenters. The van der Waals surface area contributed by atoms with E-state index >= 15 is 0 Å². The molecule has 1 aromatic heterocycles. The van der Waals surface area contributed by atoms with Gasteiger partial charge in [0.2, 0.25) is 0 Å². The summed E-state index contributed by atoms with van der Waals surface area (Å²) >= 11 is 0. The van der Waals surface area contributed by atoms with Gasteiger partial charge in [-0.1, -0.05) is 17.7 Å². The number of aryl methyl sites for hydroxylation is 1. The van der Waals surface area contributed by atoms with Gasteiger partial charge in [-0.15, -0.1) is 6.26 Å². The number of benzene rings is 2. The fraction of sp³-hybridized carbons (Fsp3) is 0.211. The highest BCUT2D eigenvalue weighted by Crippen LogP contribution is 2.34. The molecule has 29 heavy (non-hydrogen) atoms. The number of aromatic nitrogens is 2. The molecular formula is C19H22N5O4S-. The minimum absolute atomic E-state index is 0.377. The summed E-state index contributed by atoms with van der Waals surface area (Å²) in [6, 6.07) is 10.3. The third-order valence-electron chi connectivity index (χ3n) is 3.65. The summed E-state index contributed by atoms with van der Waals surface area (Å²) in [4.78, 5) is 18.5. The van der Waals surface area contributed by atoms with Crippen LogP contribution in [0.5, 0.6) is 11.5 Å². The number of carbonyl (C=O) groups excluding carboxylic acids is 1. The zero-order chi connectivity index (χ0) is 21.4. The van der Waals surface area contributed by atoms with Gasteiger partial charge in [0.05, 0.1) is 19.7 Å². The van der Waals surface area contributed by atoms with Gasteiger partial charge in [-0.05, 0) is 25.1 Å². The Bertz CT molecular complexity index is 1080. The van der Waals surface area contributed by atoms with E-state index < -0.39 is 16.6 Å². The lowest BCUT2D eigenvalue weighted by molar-refractivity contribution is 0.259. The third-order valence-corrected chi connectivity index (χ3v) is 4.08. The Balaban J connectivity index is 0.000000234. The predicted octanol–water partition coefficient (Wildman–Crippen LogP) is 3.54. The second kappa shape index (κ2) is 10.2. The van der Waals surface area contributed by atoms with Gasteiger partial charge in [-0.3, -0.25) is 0 Å². The second-order valence-corrected chi connectivity index (χ2v) is 6.82. The first-order chi connectivity index (χ1) is 13.8. The summed E-state index contributed by atoms with van der Waals surface area (Å²) in [5.74, 6) is 1.51. The number of anilines is 1. The maximum absolute atomic E-state index is 11.2. The highest BCUT2D eigenvalue weighted by Gasteiger charge is 2.09. The Hall–Kier alpha value is -3.40. The van der Waals surface area contributed by atoms with Crippen LogP contribution in [0.15, 0.2) is 47.1 Å². The van der Waals surface area contributed by atoms with Crippen LogP contribution in [0.25, 0.3) is 10.9 Å². The van der Waals surface area contributed by atoms with Crippen molar-refractivity contribution in [1.29, 1.82) is 0 Å². The Kier molecular flexibility index (Phi) is 7.72. The molecule has 0 spiro atoms. The summed E-state index contributed by atoms with van der Waals surface area (Å²) in [5.41, 5.74) is 7.45. The normalized spacial score (nSPS) is 11.3. The van der Waals surface area contributed by atoms with E-state index in [0.717, 1.165) is 11.3 Å². The smallest absolute Gasteiger partial charge is 0.316 e. The first kappa shape index (κ1) is 21.9. The minimum atomic E-state index is -1.33. The molecule has 0 bridgehead atoms. The number of methoxy groups -OCH3 is 2. The van der Waals surface area contributed by atoms with Gasteiger partial charge < -0.3 is 29.1 Å². The number of nitrogens with one attached hydrogen (secondary N) is 1. The highest BCUT2D eigenvalue weighted by molar-refractivity contribution is 7.74. The van der Waals surface area contributed by atoms with Crippen molar-refractivity contribution in [3.05, 3.63) is 48.3 Å². The molecule has 0 aliphatic carbocycles. The molecule has 3 N–H and O–H groups in total. The summed E-state index contributed by atoms with van der Waals surface area (Å²) < 4.78 is 25.5. The van der Waals surface area contributed by atoms with E-state index in [1.165, 1.54) is 12.6 Å². The molecule has 9 nitrogen and oxygen atoms in total. The fourth-order valence-electron chi connectivity index (χ4n) is 2.34. The largest absolute Gasteiger partial charge is 0.493 e. The monoisotopic (exact) mass is 416 g/mol. The van der Waals surface area contributed by atoms with Crippen molar-refractivity contribution in [3.8, 4) is 11.5 Å². The number of urea groups is 1. The predicted molar refractivity (Wildman–Crippen MR) is 113 cm³/mol. The molecule has 2 aromatic carbocycles.